The summed E-state index contributed by atoms with van der Waals surface area (Å²) in [4.78, 5) is 2.52. The van der Waals surface area contributed by atoms with Gasteiger partial charge in [0.05, 0.1) is 11.4 Å². The Kier molecular flexibility index (Phi) is 10.6. The highest BCUT2D eigenvalue weighted by Crippen LogP contribution is 2.52. The molecule has 0 atom stereocenters. The van der Waals surface area contributed by atoms with Crippen LogP contribution < -0.4 is 4.90 Å². The molecule has 11 aromatic rings. The molecule has 1 aliphatic carbocycles. The first-order valence-corrected chi connectivity index (χ1v) is 26.0. The van der Waals surface area contributed by atoms with Crippen molar-refractivity contribution >= 4 is 59.3 Å². The molecule has 1 heterocycles. The predicted molar refractivity (Wildman–Crippen MR) is 308 cm³/mol. The lowest BCUT2D eigenvalue weighted by Crippen LogP contribution is -2.16. The second kappa shape index (κ2) is 16.8. The van der Waals surface area contributed by atoms with E-state index in [1.165, 1.54) is 109 Å². The zero-order valence-electron chi connectivity index (χ0n) is 42.1. The van der Waals surface area contributed by atoms with Crippen LogP contribution in [0.3, 0.4) is 0 Å². The predicted octanol–water partition coefficient (Wildman–Crippen LogP) is 20.2. The molecule has 0 fully saturated rings. The number of rotatable bonds is 7. The number of benzene rings is 10. The highest BCUT2D eigenvalue weighted by molar-refractivity contribution is 7.25. The first-order chi connectivity index (χ1) is 34.2. The van der Waals surface area contributed by atoms with Gasteiger partial charge < -0.3 is 4.90 Å². The fourth-order valence-electron chi connectivity index (χ4n) is 11.3. The molecule has 0 amide bonds. The van der Waals surface area contributed by atoms with Crippen LogP contribution in [0, 0.1) is 0 Å². The number of hydrogen-bond donors (Lipinski definition) is 0. The first-order valence-electron chi connectivity index (χ1n) is 25.2. The molecule has 0 N–H and O–H groups in total. The maximum absolute atomic E-state index is 2.52. The van der Waals surface area contributed by atoms with Crippen molar-refractivity contribution in [3.8, 4) is 55.6 Å². The van der Waals surface area contributed by atoms with Gasteiger partial charge in [-0.15, -0.1) is 11.3 Å². The molecule has 0 saturated carbocycles. The molecule has 2 heteroatoms. The van der Waals surface area contributed by atoms with Gasteiger partial charge in [0.2, 0.25) is 0 Å². The number of thiophene rings is 1. The van der Waals surface area contributed by atoms with E-state index in [-0.39, 0.29) is 16.2 Å². The highest BCUT2D eigenvalue weighted by Gasteiger charge is 2.35. The Labute approximate surface area is 423 Å². The highest BCUT2D eigenvalue weighted by atomic mass is 32.1. The SMILES string of the molecule is CC(C)(C)c1cc(-c2cccc3cccc(-c4ccccc4N(c4ccc(-c5cccc6sc7ccccc7c56)cc4)c4ccccc4-c4ccc5c(c4)C(C)(C)c4ccccc4-5)c23)cc(C(C)(C)C)c1. The summed E-state index contributed by atoms with van der Waals surface area (Å²) < 4.78 is 2.63. The molecule has 0 unspecified atom stereocenters. The summed E-state index contributed by atoms with van der Waals surface area (Å²) >= 11 is 1.87. The van der Waals surface area contributed by atoms with Crippen molar-refractivity contribution < 1.29 is 0 Å². The van der Waals surface area contributed by atoms with Gasteiger partial charge in [-0.25, -0.2) is 0 Å². The van der Waals surface area contributed by atoms with Crippen molar-refractivity contribution in [3.05, 3.63) is 235 Å². The Balaban J connectivity index is 1.08. The molecule has 346 valence electrons. The van der Waals surface area contributed by atoms with Crippen molar-refractivity contribution in [2.75, 3.05) is 4.90 Å². The minimum atomic E-state index is -0.123. The van der Waals surface area contributed by atoms with Crippen molar-refractivity contribution in [3.63, 3.8) is 0 Å². The largest absolute Gasteiger partial charge is 0.309 e. The van der Waals surface area contributed by atoms with Crippen LogP contribution in [0.15, 0.2) is 212 Å². The third kappa shape index (κ3) is 7.59. The van der Waals surface area contributed by atoms with Crippen LogP contribution in [0.25, 0.3) is 86.6 Å². The average Bonchev–Trinajstić information content (AvgIpc) is 3.88. The second-order valence-corrected chi connectivity index (χ2v) is 23.2. The van der Waals surface area contributed by atoms with Crippen LogP contribution in [-0.2, 0) is 16.2 Å². The molecule has 0 saturated heterocycles. The molecule has 12 rings (SSSR count). The third-order valence-electron chi connectivity index (χ3n) is 15.2. The van der Waals surface area contributed by atoms with E-state index in [9.17, 15) is 0 Å². The monoisotopic (exact) mass is 933 g/mol. The van der Waals surface area contributed by atoms with E-state index in [2.05, 4.69) is 273 Å². The van der Waals surface area contributed by atoms with Crippen molar-refractivity contribution in [2.24, 2.45) is 0 Å². The Bertz CT molecular complexity index is 3830. The number of nitrogens with zero attached hydrogens (tertiary/aromatic N) is 1. The van der Waals surface area contributed by atoms with E-state index < -0.39 is 0 Å². The summed E-state index contributed by atoms with van der Waals surface area (Å²) in [5, 5.41) is 5.12. The minimum Gasteiger partial charge on any atom is -0.309 e. The molecule has 0 radical (unpaired) electrons. The van der Waals surface area contributed by atoms with Crippen LogP contribution in [-0.4, -0.2) is 0 Å². The minimum absolute atomic E-state index is 0.0119. The summed E-state index contributed by atoms with van der Waals surface area (Å²) in [6.45, 7) is 18.7. The average molecular weight is 934 g/mol. The molecule has 0 bridgehead atoms. The zero-order valence-corrected chi connectivity index (χ0v) is 42.9. The van der Waals surface area contributed by atoms with Crippen LogP contribution in [0.5, 0.6) is 0 Å². The number of fused-ring (bicyclic) bond motifs is 7. The molecule has 1 aliphatic rings. The van der Waals surface area contributed by atoms with Gasteiger partial charge in [0.15, 0.2) is 0 Å². The van der Waals surface area contributed by atoms with Gasteiger partial charge >= 0.3 is 0 Å². The maximum Gasteiger partial charge on any atom is 0.0540 e. The maximum atomic E-state index is 2.52. The standard InChI is InChI=1S/C69H59NS/c1-67(2,3)48-40-47(41-49(43-48)68(4,5)6)53-26-17-20-45-21-18-28-57(65(45)53)56-24-11-15-31-62(56)70(50-37-34-44(35-38-50)52-27-19-33-64-66(52)58-25-12-16-32-63(58)71-64)61-30-14-10-22-51(61)46-36-39-55-54-23-9-13-29-59(54)69(7,8)60(55)42-46/h9-43H,1-8H3. The van der Waals surface area contributed by atoms with Crippen LogP contribution >= 0.6 is 11.3 Å². The Morgan fingerprint density at radius 3 is 1.59 bits per heavy atom. The molecular formula is C69H59NS. The fourth-order valence-corrected chi connectivity index (χ4v) is 12.5. The van der Waals surface area contributed by atoms with Gasteiger partial charge in [0.1, 0.15) is 0 Å². The Morgan fingerprint density at radius 1 is 0.366 bits per heavy atom. The van der Waals surface area contributed by atoms with E-state index in [4.69, 9.17) is 0 Å². The van der Waals surface area contributed by atoms with Crippen LogP contribution in [0.2, 0.25) is 0 Å². The summed E-state index contributed by atoms with van der Waals surface area (Å²) in [6, 6.07) is 80.0. The number of para-hydroxylation sites is 2. The van der Waals surface area contributed by atoms with E-state index in [1.807, 2.05) is 11.3 Å². The molecule has 0 aliphatic heterocycles. The topological polar surface area (TPSA) is 3.24 Å². The number of anilines is 3. The van der Waals surface area contributed by atoms with E-state index in [1.54, 1.807) is 0 Å². The normalized spacial score (nSPS) is 13.2. The molecular weight excluding hydrogens is 875 g/mol. The van der Waals surface area contributed by atoms with E-state index >= 15 is 0 Å². The third-order valence-corrected chi connectivity index (χ3v) is 16.3. The summed E-state index contributed by atoms with van der Waals surface area (Å²) in [5.41, 5.74) is 21.0. The first kappa shape index (κ1) is 44.7. The molecule has 71 heavy (non-hydrogen) atoms. The Hall–Kier alpha value is -7.52. The van der Waals surface area contributed by atoms with Gasteiger partial charge in [0, 0.05) is 42.4 Å². The van der Waals surface area contributed by atoms with Gasteiger partial charge in [-0.1, -0.05) is 225 Å². The van der Waals surface area contributed by atoms with Crippen LogP contribution in [0.4, 0.5) is 17.1 Å². The molecule has 1 nitrogen and oxygen atoms in total. The molecule has 10 aromatic carbocycles. The lowest BCUT2D eigenvalue weighted by atomic mass is 9.78. The summed E-state index contributed by atoms with van der Waals surface area (Å²) in [5.74, 6) is 0. The van der Waals surface area contributed by atoms with Gasteiger partial charge in [-0.2, -0.15) is 0 Å². The van der Waals surface area contributed by atoms with Gasteiger partial charge in [0.25, 0.3) is 0 Å². The smallest absolute Gasteiger partial charge is 0.0540 e. The van der Waals surface area contributed by atoms with Crippen LogP contribution in [0.1, 0.15) is 77.6 Å². The molecule has 1 aromatic heterocycles. The second-order valence-electron chi connectivity index (χ2n) is 22.1. The summed E-state index contributed by atoms with van der Waals surface area (Å²) in [6.07, 6.45) is 0. The Morgan fingerprint density at radius 2 is 0.887 bits per heavy atom. The van der Waals surface area contributed by atoms with E-state index in [0.29, 0.717) is 0 Å². The van der Waals surface area contributed by atoms with Crippen molar-refractivity contribution in [1.82, 2.24) is 0 Å². The zero-order chi connectivity index (χ0) is 48.8. The fraction of sp³-hybridized carbons (Fsp3) is 0.159. The summed E-state index contributed by atoms with van der Waals surface area (Å²) in [7, 11) is 0. The van der Waals surface area contributed by atoms with Crippen molar-refractivity contribution in [1.29, 1.82) is 0 Å². The quantitative estimate of drug-likeness (QED) is 0.154. The van der Waals surface area contributed by atoms with Gasteiger partial charge in [-0.05, 0) is 131 Å². The van der Waals surface area contributed by atoms with E-state index in [0.717, 1.165) is 17.1 Å². The number of hydrogen-bond acceptors (Lipinski definition) is 2. The lowest BCUT2D eigenvalue weighted by Gasteiger charge is -2.31. The molecule has 0 spiro atoms. The van der Waals surface area contributed by atoms with Gasteiger partial charge in [-0.3, -0.25) is 0 Å². The lowest BCUT2D eigenvalue weighted by molar-refractivity contribution is 0.569. The van der Waals surface area contributed by atoms with Crippen molar-refractivity contribution in [2.45, 2.75) is 71.6 Å².